The highest BCUT2D eigenvalue weighted by molar-refractivity contribution is 9.10. The quantitative estimate of drug-likeness (QED) is 0.921. The maximum Gasteiger partial charge on any atom is 0.0726 e. The molecule has 1 saturated heterocycles. The van der Waals surface area contributed by atoms with Crippen LogP contribution in [0.15, 0.2) is 22.7 Å². The van der Waals surface area contributed by atoms with Crippen molar-refractivity contribution in [1.82, 2.24) is 5.32 Å². The number of nitrogens with zero attached hydrogens (tertiary/aromatic N) is 1. The lowest BCUT2D eigenvalue weighted by molar-refractivity contribution is -0.00525. The zero-order valence-electron chi connectivity index (χ0n) is 12.1. The van der Waals surface area contributed by atoms with Gasteiger partial charge in [0.25, 0.3) is 0 Å². The smallest absolute Gasteiger partial charge is 0.0726 e. The average Bonchev–Trinajstić information content (AvgIpc) is 2.36. The number of ether oxygens (including phenoxy) is 1. The third-order valence-electron chi connectivity index (χ3n) is 3.67. The van der Waals surface area contributed by atoms with E-state index in [0.29, 0.717) is 6.04 Å². The molecule has 0 aliphatic carbocycles. The first-order valence-corrected chi connectivity index (χ1v) is 7.67. The van der Waals surface area contributed by atoms with E-state index >= 15 is 0 Å². The number of anilines is 1. The molecule has 0 bridgehead atoms. The minimum Gasteiger partial charge on any atom is -0.372 e. The van der Waals surface area contributed by atoms with E-state index in [1.807, 2.05) is 7.05 Å². The van der Waals surface area contributed by atoms with Gasteiger partial charge in [-0.2, -0.15) is 0 Å². The van der Waals surface area contributed by atoms with Crippen molar-refractivity contribution < 1.29 is 4.74 Å². The van der Waals surface area contributed by atoms with Crippen LogP contribution in [0.2, 0.25) is 0 Å². The number of morpholine rings is 1. The Hall–Kier alpha value is -0.580. The Labute approximate surface area is 124 Å². The molecule has 1 heterocycles. The van der Waals surface area contributed by atoms with Crippen molar-refractivity contribution >= 4 is 21.6 Å². The van der Waals surface area contributed by atoms with Gasteiger partial charge in [-0.05, 0) is 61.4 Å². The second kappa shape index (κ2) is 6.25. The summed E-state index contributed by atoms with van der Waals surface area (Å²) in [7, 11) is 1.98. The molecular weight excluding hydrogens is 304 g/mol. The Balaban J connectivity index is 2.21. The lowest BCUT2D eigenvalue weighted by atomic mass is 10.1. The molecule has 3 nitrogen and oxygen atoms in total. The van der Waals surface area contributed by atoms with Crippen LogP contribution in [-0.4, -0.2) is 32.3 Å². The van der Waals surface area contributed by atoms with Crippen molar-refractivity contribution in [3.05, 3.63) is 28.2 Å². The maximum absolute atomic E-state index is 5.79. The summed E-state index contributed by atoms with van der Waals surface area (Å²) in [4.78, 5) is 2.40. The summed E-state index contributed by atoms with van der Waals surface area (Å²) in [6, 6.07) is 6.98. The van der Waals surface area contributed by atoms with Gasteiger partial charge in [-0.3, -0.25) is 0 Å². The van der Waals surface area contributed by atoms with Crippen molar-refractivity contribution in [2.45, 2.75) is 39.0 Å². The lowest BCUT2D eigenvalue weighted by Crippen LogP contribution is -2.45. The lowest BCUT2D eigenvalue weighted by Gasteiger charge is -2.37. The first-order chi connectivity index (χ1) is 9.01. The van der Waals surface area contributed by atoms with Crippen molar-refractivity contribution in [1.29, 1.82) is 0 Å². The van der Waals surface area contributed by atoms with Gasteiger partial charge in [0, 0.05) is 23.6 Å². The molecule has 0 aromatic heterocycles. The van der Waals surface area contributed by atoms with Crippen molar-refractivity contribution in [3.8, 4) is 0 Å². The Morgan fingerprint density at radius 3 is 2.47 bits per heavy atom. The molecule has 3 atom stereocenters. The van der Waals surface area contributed by atoms with Crippen LogP contribution in [0.1, 0.15) is 32.4 Å². The highest BCUT2D eigenvalue weighted by Crippen LogP contribution is 2.31. The molecule has 1 aliphatic rings. The molecule has 106 valence electrons. The average molecular weight is 327 g/mol. The summed E-state index contributed by atoms with van der Waals surface area (Å²) in [6.07, 6.45) is 0.568. The highest BCUT2D eigenvalue weighted by Gasteiger charge is 2.23. The van der Waals surface area contributed by atoms with E-state index in [1.54, 1.807) is 0 Å². The van der Waals surface area contributed by atoms with Crippen LogP contribution in [0.3, 0.4) is 0 Å². The molecule has 0 saturated carbocycles. The zero-order valence-corrected chi connectivity index (χ0v) is 13.7. The first kappa shape index (κ1) is 14.8. The van der Waals surface area contributed by atoms with E-state index in [1.165, 1.54) is 11.3 Å². The number of halogens is 1. The summed E-state index contributed by atoms with van der Waals surface area (Å²) in [5, 5.41) is 3.27. The van der Waals surface area contributed by atoms with Crippen molar-refractivity contribution in [2.75, 3.05) is 25.0 Å². The fraction of sp³-hybridized carbons (Fsp3) is 0.600. The number of hydrogen-bond acceptors (Lipinski definition) is 3. The van der Waals surface area contributed by atoms with Gasteiger partial charge < -0.3 is 15.0 Å². The second-order valence-corrected chi connectivity index (χ2v) is 6.24. The van der Waals surface area contributed by atoms with Crippen LogP contribution >= 0.6 is 15.9 Å². The Morgan fingerprint density at radius 2 is 1.95 bits per heavy atom. The van der Waals surface area contributed by atoms with Gasteiger partial charge in [0.1, 0.15) is 0 Å². The topological polar surface area (TPSA) is 24.5 Å². The van der Waals surface area contributed by atoms with Gasteiger partial charge in [-0.15, -0.1) is 0 Å². The summed E-state index contributed by atoms with van der Waals surface area (Å²) >= 11 is 3.71. The fourth-order valence-corrected chi connectivity index (χ4v) is 3.24. The summed E-state index contributed by atoms with van der Waals surface area (Å²) in [5.41, 5.74) is 2.56. The largest absolute Gasteiger partial charge is 0.372 e. The normalized spacial score (nSPS) is 25.4. The molecule has 1 fully saturated rings. The van der Waals surface area contributed by atoms with Gasteiger partial charge in [0.2, 0.25) is 0 Å². The SMILES string of the molecule is CNC(C)c1ccc(N2C[C@@H](C)O[C@@H](C)C2)c(Br)c1. The second-order valence-electron chi connectivity index (χ2n) is 5.38. The standard InChI is InChI=1S/C15H23BrN2O/c1-10-8-18(9-11(2)19-10)15-6-5-13(7-14(15)16)12(3)17-4/h5-7,10-12,17H,8-9H2,1-4H3/t10-,11+,12?. The Bertz CT molecular complexity index is 428. The number of rotatable bonds is 3. The minimum absolute atomic E-state index is 0.284. The van der Waals surface area contributed by atoms with Crippen LogP contribution in [0, 0.1) is 0 Å². The molecule has 1 N–H and O–H groups in total. The molecule has 0 amide bonds. The first-order valence-electron chi connectivity index (χ1n) is 6.88. The fourth-order valence-electron chi connectivity index (χ4n) is 2.59. The third-order valence-corrected chi connectivity index (χ3v) is 4.30. The van der Waals surface area contributed by atoms with E-state index < -0.39 is 0 Å². The van der Waals surface area contributed by atoms with E-state index in [9.17, 15) is 0 Å². The molecule has 2 rings (SSSR count). The molecule has 4 heteroatoms. The van der Waals surface area contributed by atoms with Crippen LogP contribution in [0.5, 0.6) is 0 Å². The third kappa shape index (κ3) is 3.50. The van der Waals surface area contributed by atoms with Crippen LogP contribution in [0.25, 0.3) is 0 Å². The Kier molecular flexibility index (Phi) is 4.87. The van der Waals surface area contributed by atoms with Crippen LogP contribution in [0.4, 0.5) is 5.69 Å². The van der Waals surface area contributed by atoms with E-state index in [-0.39, 0.29) is 12.2 Å². The van der Waals surface area contributed by atoms with Crippen molar-refractivity contribution in [2.24, 2.45) is 0 Å². The Morgan fingerprint density at radius 1 is 1.32 bits per heavy atom. The molecule has 1 aromatic rings. The van der Waals surface area contributed by atoms with Gasteiger partial charge >= 0.3 is 0 Å². The van der Waals surface area contributed by atoms with Crippen LogP contribution < -0.4 is 10.2 Å². The van der Waals surface area contributed by atoms with Crippen molar-refractivity contribution in [3.63, 3.8) is 0 Å². The summed E-state index contributed by atoms with van der Waals surface area (Å²) in [6.45, 7) is 8.33. The minimum atomic E-state index is 0.284. The number of hydrogen-bond donors (Lipinski definition) is 1. The molecule has 1 unspecified atom stereocenters. The van der Waals surface area contributed by atoms with E-state index in [2.05, 4.69) is 65.1 Å². The van der Waals surface area contributed by atoms with Gasteiger partial charge in [0.05, 0.1) is 17.9 Å². The molecule has 19 heavy (non-hydrogen) atoms. The zero-order chi connectivity index (χ0) is 14.0. The highest BCUT2D eigenvalue weighted by atomic mass is 79.9. The monoisotopic (exact) mass is 326 g/mol. The number of benzene rings is 1. The summed E-state index contributed by atoms with van der Waals surface area (Å²) < 4.78 is 6.95. The predicted molar refractivity (Wildman–Crippen MR) is 83.8 cm³/mol. The molecule has 0 radical (unpaired) electrons. The van der Waals surface area contributed by atoms with E-state index in [4.69, 9.17) is 4.74 Å². The summed E-state index contributed by atoms with van der Waals surface area (Å²) in [5.74, 6) is 0. The van der Waals surface area contributed by atoms with Gasteiger partial charge in [0.15, 0.2) is 0 Å². The van der Waals surface area contributed by atoms with Gasteiger partial charge in [-0.1, -0.05) is 6.07 Å². The van der Waals surface area contributed by atoms with Crippen LogP contribution in [-0.2, 0) is 4.74 Å². The predicted octanol–water partition coefficient (Wildman–Crippen LogP) is 3.34. The molecule has 0 spiro atoms. The van der Waals surface area contributed by atoms with E-state index in [0.717, 1.165) is 17.6 Å². The maximum atomic E-state index is 5.79. The molecule has 1 aliphatic heterocycles. The molecule has 1 aromatic carbocycles. The molecular formula is C15H23BrN2O. The number of nitrogens with one attached hydrogen (secondary N) is 1. The van der Waals surface area contributed by atoms with Gasteiger partial charge in [-0.25, -0.2) is 0 Å².